The Labute approximate surface area is 202 Å². The standard InChI is InChI=1S/C23H16ClIN4OS/c24-18-7-11-20(12-8-18)27-23-28-21(14-31-23)16-3-5-17(6-4-16)22(30)29-26-13-15-1-9-19(25)10-2-15/h1-14H,(H,27,28)(H,29,30)/b26-13-. The molecule has 0 saturated heterocycles. The highest BCUT2D eigenvalue weighted by Gasteiger charge is 2.08. The van der Waals surface area contributed by atoms with Gasteiger partial charge < -0.3 is 5.32 Å². The number of nitrogens with one attached hydrogen (secondary N) is 2. The fraction of sp³-hybridized carbons (Fsp3) is 0. The Morgan fingerprint density at radius 1 is 1.00 bits per heavy atom. The Morgan fingerprint density at radius 2 is 1.71 bits per heavy atom. The van der Waals surface area contributed by atoms with Gasteiger partial charge in [0.15, 0.2) is 5.13 Å². The van der Waals surface area contributed by atoms with Gasteiger partial charge in [-0.2, -0.15) is 5.10 Å². The number of hydrazone groups is 1. The van der Waals surface area contributed by atoms with Crippen molar-refractivity contribution >= 4 is 68.5 Å². The highest BCUT2D eigenvalue weighted by atomic mass is 127. The Kier molecular flexibility index (Phi) is 6.96. The van der Waals surface area contributed by atoms with Crippen molar-refractivity contribution in [2.75, 3.05) is 5.32 Å². The molecule has 0 aliphatic heterocycles. The number of anilines is 2. The van der Waals surface area contributed by atoms with Crippen LogP contribution in [-0.2, 0) is 0 Å². The zero-order valence-electron chi connectivity index (χ0n) is 16.0. The number of carbonyl (C=O) groups excluding carboxylic acids is 1. The van der Waals surface area contributed by atoms with Crippen molar-refractivity contribution in [1.29, 1.82) is 0 Å². The summed E-state index contributed by atoms with van der Waals surface area (Å²) in [6, 6.07) is 22.6. The summed E-state index contributed by atoms with van der Waals surface area (Å²) < 4.78 is 1.15. The SMILES string of the molecule is O=C(N/N=C\c1ccc(I)cc1)c1ccc(-c2csc(Nc3ccc(Cl)cc3)n2)cc1. The largest absolute Gasteiger partial charge is 0.332 e. The minimum Gasteiger partial charge on any atom is -0.332 e. The molecule has 0 aliphatic carbocycles. The summed E-state index contributed by atoms with van der Waals surface area (Å²) in [5.74, 6) is -0.267. The van der Waals surface area contributed by atoms with E-state index >= 15 is 0 Å². The molecule has 0 fully saturated rings. The molecule has 1 aromatic heterocycles. The topological polar surface area (TPSA) is 66.4 Å². The van der Waals surface area contributed by atoms with E-state index in [2.05, 4.69) is 43.4 Å². The average molecular weight is 559 g/mol. The molecule has 0 saturated carbocycles. The number of rotatable bonds is 6. The monoisotopic (exact) mass is 558 g/mol. The lowest BCUT2D eigenvalue weighted by molar-refractivity contribution is 0.0955. The van der Waals surface area contributed by atoms with E-state index in [-0.39, 0.29) is 5.91 Å². The van der Waals surface area contributed by atoms with Crippen LogP contribution in [0.15, 0.2) is 83.3 Å². The molecule has 1 heterocycles. The summed E-state index contributed by atoms with van der Waals surface area (Å²) in [7, 11) is 0. The number of amides is 1. The molecule has 2 N–H and O–H groups in total. The van der Waals surface area contributed by atoms with Crippen LogP contribution in [-0.4, -0.2) is 17.1 Å². The fourth-order valence-electron chi connectivity index (χ4n) is 2.69. The maximum atomic E-state index is 12.3. The lowest BCUT2D eigenvalue weighted by atomic mass is 10.1. The van der Waals surface area contributed by atoms with Crippen LogP contribution in [0.3, 0.4) is 0 Å². The van der Waals surface area contributed by atoms with Crippen LogP contribution in [0.4, 0.5) is 10.8 Å². The van der Waals surface area contributed by atoms with Gasteiger partial charge in [0.2, 0.25) is 0 Å². The number of halogens is 2. The molecule has 0 atom stereocenters. The first-order valence-electron chi connectivity index (χ1n) is 9.24. The number of hydrogen-bond acceptors (Lipinski definition) is 5. The van der Waals surface area contributed by atoms with Gasteiger partial charge in [0.05, 0.1) is 11.9 Å². The van der Waals surface area contributed by atoms with Gasteiger partial charge in [-0.3, -0.25) is 4.79 Å². The highest BCUT2D eigenvalue weighted by Crippen LogP contribution is 2.27. The average Bonchev–Trinajstić information content (AvgIpc) is 3.25. The van der Waals surface area contributed by atoms with Crippen LogP contribution in [0, 0.1) is 3.57 Å². The van der Waals surface area contributed by atoms with Crippen molar-refractivity contribution in [2.45, 2.75) is 0 Å². The maximum Gasteiger partial charge on any atom is 0.271 e. The molecule has 0 unspecified atom stereocenters. The number of aromatic nitrogens is 1. The first kappa shape index (κ1) is 21.5. The fourth-order valence-corrected chi connectivity index (χ4v) is 3.92. The van der Waals surface area contributed by atoms with Crippen molar-refractivity contribution < 1.29 is 4.79 Å². The van der Waals surface area contributed by atoms with Crippen molar-refractivity contribution in [1.82, 2.24) is 10.4 Å². The van der Waals surface area contributed by atoms with Gasteiger partial charge in [-0.1, -0.05) is 35.9 Å². The molecule has 5 nitrogen and oxygen atoms in total. The van der Waals surface area contributed by atoms with E-state index < -0.39 is 0 Å². The van der Waals surface area contributed by atoms with Crippen LogP contribution in [0.2, 0.25) is 5.02 Å². The van der Waals surface area contributed by atoms with E-state index in [1.807, 2.05) is 66.0 Å². The van der Waals surface area contributed by atoms with Gasteiger partial charge in [0.1, 0.15) is 0 Å². The molecule has 0 radical (unpaired) electrons. The summed E-state index contributed by atoms with van der Waals surface area (Å²) in [4.78, 5) is 16.9. The smallest absolute Gasteiger partial charge is 0.271 e. The van der Waals surface area contributed by atoms with Crippen molar-refractivity contribution in [2.24, 2.45) is 5.10 Å². The van der Waals surface area contributed by atoms with Gasteiger partial charge in [0.25, 0.3) is 5.91 Å². The first-order valence-corrected chi connectivity index (χ1v) is 11.6. The minimum absolute atomic E-state index is 0.267. The number of carbonyl (C=O) groups is 1. The molecule has 0 aliphatic rings. The molecule has 4 rings (SSSR count). The van der Waals surface area contributed by atoms with E-state index in [0.29, 0.717) is 10.6 Å². The van der Waals surface area contributed by atoms with Crippen molar-refractivity contribution in [3.8, 4) is 11.3 Å². The van der Waals surface area contributed by atoms with Crippen LogP contribution < -0.4 is 10.7 Å². The number of benzene rings is 3. The van der Waals surface area contributed by atoms with E-state index in [0.717, 1.165) is 31.2 Å². The van der Waals surface area contributed by atoms with Gasteiger partial charge in [-0.25, -0.2) is 10.4 Å². The van der Waals surface area contributed by atoms with Gasteiger partial charge in [-0.15, -0.1) is 11.3 Å². The molecular weight excluding hydrogens is 543 g/mol. The third kappa shape index (κ3) is 5.90. The predicted molar refractivity (Wildman–Crippen MR) is 137 cm³/mol. The van der Waals surface area contributed by atoms with Gasteiger partial charge in [-0.05, 0) is 76.7 Å². The second-order valence-electron chi connectivity index (χ2n) is 6.50. The summed E-state index contributed by atoms with van der Waals surface area (Å²) in [5, 5.41) is 10.7. The van der Waals surface area contributed by atoms with Crippen LogP contribution in [0.1, 0.15) is 15.9 Å². The van der Waals surface area contributed by atoms with Crippen LogP contribution >= 0.6 is 45.5 Å². The highest BCUT2D eigenvalue weighted by molar-refractivity contribution is 14.1. The zero-order valence-corrected chi connectivity index (χ0v) is 19.8. The van der Waals surface area contributed by atoms with E-state index in [9.17, 15) is 4.79 Å². The normalized spacial score (nSPS) is 10.9. The first-order chi connectivity index (χ1) is 15.1. The predicted octanol–water partition coefficient (Wildman–Crippen LogP) is 6.58. The van der Waals surface area contributed by atoms with Crippen LogP contribution in [0.5, 0.6) is 0 Å². The summed E-state index contributed by atoms with van der Waals surface area (Å²) >= 11 is 9.67. The number of hydrogen-bond donors (Lipinski definition) is 2. The Morgan fingerprint density at radius 3 is 2.42 bits per heavy atom. The summed E-state index contributed by atoms with van der Waals surface area (Å²) in [6.07, 6.45) is 1.62. The number of thiazole rings is 1. The lowest BCUT2D eigenvalue weighted by Gasteiger charge is -2.03. The molecule has 4 aromatic rings. The Balaban J connectivity index is 1.37. The molecular formula is C23H16ClIN4OS. The second-order valence-corrected chi connectivity index (χ2v) is 9.04. The molecule has 31 heavy (non-hydrogen) atoms. The third-order valence-corrected chi connectivity index (χ3v) is 6.02. The number of nitrogens with zero attached hydrogens (tertiary/aromatic N) is 2. The Bertz CT molecular complexity index is 1210. The second kappa shape index (κ2) is 10.0. The zero-order chi connectivity index (χ0) is 21.6. The van der Waals surface area contributed by atoms with E-state index in [1.54, 1.807) is 18.3 Å². The molecule has 154 valence electrons. The maximum absolute atomic E-state index is 12.3. The van der Waals surface area contributed by atoms with E-state index in [4.69, 9.17) is 11.6 Å². The third-order valence-electron chi connectivity index (χ3n) is 4.29. The summed E-state index contributed by atoms with van der Waals surface area (Å²) in [6.45, 7) is 0. The summed E-state index contributed by atoms with van der Waals surface area (Å²) in [5.41, 5.74) is 6.69. The van der Waals surface area contributed by atoms with Crippen molar-refractivity contribution in [3.63, 3.8) is 0 Å². The quantitative estimate of drug-likeness (QED) is 0.160. The van der Waals surface area contributed by atoms with Crippen LogP contribution in [0.25, 0.3) is 11.3 Å². The van der Waals surface area contributed by atoms with E-state index in [1.165, 1.54) is 11.3 Å². The Hall–Kier alpha value is -2.75. The van der Waals surface area contributed by atoms with Gasteiger partial charge in [0, 0.05) is 30.8 Å². The molecule has 0 spiro atoms. The molecule has 8 heteroatoms. The van der Waals surface area contributed by atoms with Crippen molar-refractivity contribution in [3.05, 3.63) is 97.9 Å². The minimum atomic E-state index is -0.267. The van der Waals surface area contributed by atoms with Gasteiger partial charge >= 0.3 is 0 Å². The molecule has 3 aromatic carbocycles. The lowest BCUT2D eigenvalue weighted by Crippen LogP contribution is -2.17. The molecule has 1 amide bonds. The molecule has 0 bridgehead atoms.